The number of hydrogen-bond donors (Lipinski definition) is 1. The van der Waals surface area contributed by atoms with E-state index in [0.29, 0.717) is 0 Å². The third kappa shape index (κ3) is 2.46. The summed E-state index contributed by atoms with van der Waals surface area (Å²) in [5.41, 5.74) is 0. The Morgan fingerprint density at radius 3 is 2.90 bits per heavy atom. The summed E-state index contributed by atoms with van der Waals surface area (Å²) in [5.74, 6) is 2.64. The Hall–Kier alpha value is -1.36. The van der Waals surface area contributed by atoms with Crippen molar-refractivity contribution in [3.8, 4) is 0 Å². The van der Waals surface area contributed by atoms with E-state index in [1.807, 2.05) is 0 Å². The number of fused-ring (bicyclic) bond motifs is 1. The highest BCUT2D eigenvalue weighted by Crippen LogP contribution is 2.34. The van der Waals surface area contributed by atoms with Crippen LogP contribution >= 0.6 is 11.3 Å². The predicted octanol–water partition coefficient (Wildman–Crippen LogP) is 3.53. The van der Waals surface area contributed by atoms with Gasteiger partial charge in [0, 0.05) is 24.5 Å². The van der Waals surface area contributed by atoms with E-state index < -0.39 is 0 Å². The van der Waals surface area contributed by atoms with Crippen molar-refractivity contribution in [3.63, 3.8) is 0 Å². The van der Waals surface area contributed by atoms with Crippen LogP contribution < -0.4 is 10.2 Å². The second-order valence-electron chi connectivity index (χ2n) is 5.53. The summed E-state index contributed by atoms with van der Waals surface area (Å²) in [6.45, 7) is 9.66. The van der Waals surface area contributed by atoms with Gasteiger partial charge >= 0.3 is 0 Å². The fourth-order valence-electron chi connectivity index (χ4n) is 2.74. The molecule has 1 aliphatic rings. The smallest absolute Gasteiger partial charge is 0.226 e. The molecule has 0 aliphatic carbocycles. The Bertz CT molecular complexity index is 607. The van der Waals surface area contributed by atoms with Crippen LogP contribution in [0.5, 0.6) is 0 Å². The van der Waals surface area contributed by atoms with Gasteiger partial charge in [-0.1, -0.05) is 13.8 Å². The number of thiophene rings is 1. The summed E-state index contributed by atoms with van der Waals surface area (Å²) in [7, 11) is 0. The molecule has 0 aromatic carbocycles. The number of nitrogens with one attached hydrogen (secondary N) is 1. The number of aromatic nitrogens is 2. The van der Waals surface area contributed by atoms with Gasteiger partial charge in [-0.3, -0.25) is 0 Å². The number of anilines is 2. The Morgan fingerprint density at radius 2 is 2.25 bits per heavy atom. The van der Waals surface area contributed by atoms with Gasteiger partial charge < -0.3 is 10.2 Å². The second-order valence-corrected chi connectivity index (χ2v) is 6.64. The van der Waals surface area contributed by atoms with Crippen LogP contribution in [0.4, 0.5) is 11.8 Å². The minimum absolute atomic E-state index is 0.756. The second kappa shape index (κ2) is 5.56. The molecule has 0 spiro atoms. The quantitative estimate of drug-likeness (QED) is 0.935. The summed E-state index contributed by atoms with van der Waals surface area (Å²) in [5, 5.41) is 4.48. The lowest BCUT2D eigenvalue weighted by Gasteiger charge is -2.18. The van der Waals surface area contributed by atoms with E-state index in [1.165, 1.54) is 16.7 Å². The highest BCUT2D eigenvalue weighted by Gasteiger charge is 2.23. The van der Waals surface area contributed by atoms with Gasteiger partial charge in [-0.25, -0.2) is 4.98 Å². The van der Waals surface area contributed by atoms with E-state index in [-0.39, 0.29) is 0 Å². The van der Waals surface area contributed by atoms with Gasteiger partial charge in [-0.15, -0.1) is 11.3 Å². The van der Waals surface area contributed by atoms with Crippen LogP contribution in [-0.2, 0) is 6.42 Å². The number of rotatable bonds is 4. The van der Waals surface area contributed by atoms with Crippen molar-refractivity contribution >= 4 is 33.3 Å². The van der Waals surface area contributed by atoms with Crippen LogP contribution in [0.1, 0.15) is 32.1 Å². The zero-order valence-electron chi connectivity index (χ0n) is 12.4. The van der Waals surface area contributed by atoms with Crippen LogP contribution in [0.25, 0.3) is 10.2 Å². The van der Waals surface area contributed by atoms with E-state index in [2.05, 4.69) is 42.0 Å². The van der Waals surface area contributed by atoms with Gasteiger partial charge in [0.25, 0.3) is 0 Å². The van der Waals surface area contributed by atoms with E-state index >= 15 is 0 Å². The van der Waals surface area contributed by atoms with E-state index in [9.17, 15) is 0 Å². The number of nitrogens with zero attached hydrogens (tertiary/aromatic N) is 3. The molecule has 2 aromatic heterocycles. The van der Waals surface area contributed by atoms with Crippen molar-refractivity contribution < 1.29 is 0 Å². The summed E-state index contributed by atoms with van der Waals surface area (Å²) >= 11 is 1.79. The Morgan fingerprint density at radius 1 is 1.40 bits per heavy atom. The van der Waals surface area contributed by atoms with Gasteiger partial charge in [0.2, 0.25) is 5.95 Å². The Kier molecular flexibility index (Phi) is 3.78. The average molecular weight is 290 g/mol. The first-order valence-corrected chi connectivity index (χ1v) is 8.32. The zero-order valence-corrected chi connectivity index (χ0v) is 13.3. The summed E-state index contributed by atoms with van der Waals surface area (Å²) in [6, 6.07) is 2.27. The summed E-state index contributed by atoms with van der Waals surface area (Å²) < 4.78 is 0. The van der Waals surface area contributed by atoms with Gasteiger partial charge in [-0.2, -0.15) is 4.98 Å². The molecule has 0 radical (unpaired) electrons. The number of aryl methyl sites for hydroxylation is 1. The molecule has 0 bridgehead atoms. The molecule has 0 amide bonds. The maximum atomic E-state index is 4.77. The molecule has 3 heterocycles. The molecule has 20 heavy (non-hydrogen) atoms. The molecule has 2 aromatic rings. The topological polar surface area (TPSA) is 41.1 Å². The zero-order chi connectivity index (χ0) is 14.1. The first-order valence-electron chi connectivity index (χ1n) is 7.50. The maximum absolute atomic E-state index is 4.77. The average Bonchev–Trinajstić information content (AvgIpc) is 3.04. The fourth-order valence-corrected chi connectivity index (χ4v) is 3.70. The van der Waals surface area contributed by atoms with Crippen molar-refractivity contribution in [1.29, 1.82) is 0 Å². The van der Waals surface area contributed by atoms with Crippen LogP contribution in [-0.4, -0.2) is 29.6 Å². The highest BCUT2D eigenvalue weighted by molar-refractivity contribution is 7.18. The molecule has 1 aliphatic heterocycles. The monoisotopic (exact) mass is 290 g/mol. The molecule has 108 valence electrons. The van der Waals surface area contributed by atoms with Gasteiger partial charge in [0.1, 0.15) is 10.6 Å². The van der Waals surface area contributed by atoms with Crippen molar-refractivity contribution in [1.82, 2.24) is 9.97 Å². The molecule has 1 N–H and O–H groups in total. The summed E-state index contributed by atoms with van der Waals surface area (Å²) in [6.07, 6.45) is 2.32. The lowest BCUT2D eigenvalue weighted by Crippen LogP contribution is -2.21. The normalized spacial score (nSPS) is 18.9. The van der Waals surface area contributed by atoms with Crippen LogP contribution in [0.15, 0.2) is 6.07 Å². The van der Waals surface area contributed by atoms with Crippen LogP contribution in [0, 0.1) is 5.92 Å². The minimum atomic E-state index is 0.756. The molecular weight excluding hydrogens is 268 g/mol. The molecule has 1 saturated heterocycles. The molecule has 1 atom stereocenters. The van der Waals surface area contributed by atoms with Gasteiger partial charge in [-0.05, 0) is 31.7 Å². The van der Waals surface area contributed by atoms with E-state index in [4.69, 9.17) is 4.98 Å². The fraction of sp³-hybridized carbons (Fsp3) is 0.600. The molecule has 4 nitrogen and oxygen atoms in total. The summed E-state index contributed by atoms with van der Waals surface area (Å²) in [4.78, 5) is 14.3. The lowest BCUT2D eigenvalue weighted by molar-refractivity contribution is 0.659. The van der Waals surface area contributed by atoms with Crippen molar-refractivity contribution in [2.45, 2.75) is 33.6 Å². The van der Waals surface area contributed by atoms with Crippen LogP contribution in [0.3, 0.4) is 0 Å². The Balaban J connectivity index is 2.08. The predicted molar refractivity (Wildman–Crippen MR) is 87.0 cm³/mol. The molecule has 5 heteroatoms. The van der Waals surface area contributed by atoms with Gasteiger partial charge in [0.05, 0.1) is 5.39 Å². The van der Waals surface area contributed by atoms with Crippen molar-refractivity contribution in [3.05, 3.63) is 10.9 Å². The first kappa shape index (κ1) is 13.6. The minimum Gasteiger partial charge on any atom is -0.356 e. The third-order valence-electron chi connectivity index (χ3n) is 3.83. The molecule has 1 unspecified atom stereocenters. The largest absolute Gasteiger partial charge is 0.356 e. The molecular formula is C15H22N4S. The van der Waals surface area contributed by atoms with Crippen LogP contribution in [0.2, 0.25) is 0 Å². The first-order chi connectivity index (χ1) is 9.71. The molecule has 0 saturated carbocycles. The number of hydrogen-bond acceptors (Lipinski definition) is 5. The SMILES string of the molecule is CCNc1nc(N2CCC(C)C2)c2cc(CC)sc2n1. The molecule has 1 fully saturated rings. The highest BCUT2D eigenvalue weighted by atomic mass is 32.1. The van der Waals surface area contributed by atoms with Crippen molar-refractivity contribution in [2.75, 3.05) is 29.9 Å². The Labute approximate surface area is 124 Å². The lowest BCUT2D eigenvalue weighted by atomic mass is 10.2. The van der Waals surface area contributed by atoms with Crippen molar-refractivity contribution in [2.24, 2.45) is 5.92 Å². The third-order valence-corrected chi connectivity index (χ3v) is 5.00. The van der Waals surface area contributed by atoms with E-state index in [0.717, 1.165) is 48.6 Å². The van der Waals surface area contributed by atoms with E-state index in [1.54, 1.807) is 11.3 Å². The van der Waals surface area contributed by atoms with Gasteiger partial charge in [0.15, 0.2) is 0 Å². The standard InChI is InChI=1S/C15H22N4S/c1-4-11-8-12-13(19-7-6-10(3)9-19)17-15(16-5-2)18-14(12)20-11/h8,10H,4-7,9H2,1-3H3,(H,16,17,18). The molecule has 3 rings (SSSR count). The maximum Gasteiger partial charge on any atom is 0.226 e.